The maximum absolute atomic E-state index is 12.6. The second-order valence-corrected chi connectivity index (χ2v) is 6.11. The van der Waals surface area contributed by atoms with Crippen molar-refractivity contribution in [3.8, 4) is 11.5 Å². The molecule has 0 aliphatic rings. The number of ether oxygens (including phenoxy) is 2. The summed E-state index contributed by atoms with van der Waals surface area (Å²) in [5.74, 6) is 1.42. The molecule has 0 saturated carbocycles. The third kappa shape index (κ3) is 4.66. The van der Waals surface area contributed by atoms with Crippen LogP contribution < -0.4 is 14.4 Å². The van der Waals surface area contributed by atoms with E-state index >= 15 is 0 Å². The molecule has 0 atom stereocenters. The normalized spacial score (nSPS) is 10.3. The zero-order chi connectivity index (χ0) is 18.4. The molecule has 2 aromatic carbocycles. The van der Waals surface area contributed by atoms with Crippen LogP contribution >= 0.6 is 0 Å². The third-order valence-corrected chi connectivity index (χ3v) is 4.14. The Morgan fingerprint density at radius 2 is 1.68 bits per heavy atom. The van der Waals surface area contributed by atoms with Gasteiger partial charge < -0.3 is 19.3 Å². The van der Waals surface area contributed by atoms with Crippen molar-refractivity contribution >= 4 is 11.6 Å². The molecule has 1 amide bonds. The number of benzene rings is 2. The van der Waals surface area contributed by atoms with Crippen LogP contribution in [-0.2, 0) is 6.42 Å². The van der Waals surface area contributed by atoms with Crippen molar-refractivity contribution in [3.63, 3.8) is 0 Å². The largest absolute Gasteiger partial charge is 0.493 e. The van der Waals surface area contributed by atoms with E-state index in [-0.39, 0.29) is 5.91 Å². The van der Waals surface area contributed by atoms with Gasteiger partial charge in [0.15, 0.2) is 11.5 Å². The predicted octanol–water partition coefficient (Wildman–Crippen LogP) is 3.08. The van der Waals surface area contributed by atoms with Gasteiger partial charge in [0, 0.05) is 38.9 Å². The molecule has 0 aliphatic heterocycles. The molecule has 0 bridgehead atoms. The summed E-state index contributed by atoms with van der Waals surface area (Å²) in [6, 6.07) is 13.5. The average Bonchev–Trinajstić information content (AvgIpc) is 2.65. The molecule has 0 fully saturated rings. The molecular formula is C20H26N2O3. The lowest BCUT2D eigenvalue weighted by molar-refractivity contribution is 0.0796. The maximum Gasteiger partial charge on any atom is 0.253 e. The summed E-state index contributed by atoms with van der Waals surface area (Å²) in [5, 5.41) is 0. The summed E-state index contributed by atoms with van der Waals surface area (Å²) < 4.78 is 10.6. The Balaban J connectivity index is 2.03. The minimum absolute atomic E-state index is 0.0178. The molecule has 0 unspecified atom stereocenters. The van der Waals surface area contributed by atoms with Crippen LogP contribution in [0.5, 0.6) is 11.5 Å². The first kappa shape index (κ1) is 18.6. The van der Waals surface area contributed by atoms with Gasteiger partial charge in [0.2, 0.25) is 0 Å². The summed E-state index contributed by atoms with van der Waals surface area (Å²) in [7, 11) is 8.99. The summed E-state index contributed by atoms with van der Waals surface area (Å²) in [4.78, 5) is 16.4. The van der Waals surface area contributed by atoms with Crippen LogP contribution in [0.3, 0.4) is 0 Å². The number of methoxy groups -OCH3 is 2. The number of nitrogens with zero attached hydrogens (tertiary/aromatic N) is 2. The lowest BCUT2D eigenvalue weighted by atomic mass is 10.1. The highest BCUT2D eigenvalue weighted by Crippen LogP contribution is 2.27. The number of rotatable bonds is 7. The molecule has 0 heterocycles. The zero-order valence-electron chi connectivity index (χ0n) is 15.6. The van der Waals surface area contributed by atoms with Gasteiger partial charge in [-0.2, -0.15) is 0 Å². The van der Waals surface area contributed by atoms with E-state index in [1.165, 1.54) is 0 Å². The zero-order valence-corrected chi connectivity index (χ0v) is 15.6. The number of carbonyl (C=O) groups excluding carboxylic acids is 1. The van der Waals surface area contributed by atoms with E-state index in [2.05, 4.69) is 0 Å². The van der Waals surface area contributed by atoms with Gasteiger partial charge in [-0.25, -0.2) is 0 Å². The van der Waals surface area contributed by atoms with Crippen LogP contribution in [0, 0.1) is 0 Å². The topological polar surface area (TPSA) is 42.0 Å². The molecule has 0 spiro atoms. The molecule has 5 heteroatoms. The summed E-state index contributed by atoms with van der Waals surface area (Å²) in [6.07, 6.45) is 0.746. The number of carbonyl (C=O) groups is 1. The summed E-state index contributed by atoms with van der Waals surface area (Å²) >= 11 is 0. The molecule has 25 heavy (non-hydrogen) atoms. The Kier molecular flexibility index (Phi) is 6.28. The smallest absolute Gasteiger partial charge is 0.253 e. The van der Waals surface area contributed by atoms with Gasteiger partial charge in [-0.15, -0.1) is 0 Å². The quantitative estimate of drug-likeness (QED) is 0.775. The number of hydrogen-bond acceptors (Lipinski definition) is 4. The van der Waals surface area contributed by atoms with Crippen molar-refractivity contribution in [1.29, 1.82) is 0 Å². The second kappa shape index (κ2) is 8.42. The molecule has 0 radical (unpaired) electrons. The standard InChI is InChI=1S/C20H26N2O3/c1-21(2)17-8-6-7-16(14-17)20(23)22(3)12-11-15-9-10-18(24-4)19(13-15)25-5/h6-10,13-14H,11-12H2,1-5H3. The fraction of sp³-hybridized carbons (Fsp3) is 0.350. The van der Waals surface area contributed by atoms with Gasteiger partial charge in [-0.05, 0) is 42.3 Å². The monoisotopic (exact) mass is 342 g/mol. The molecule has 2 aromatic rings. The van der Waals surface area contributed by atoms with Crippen molar-refractivity contribution in [2.75, 3.05) is 46.8 Å². The van der Waals surface area contributed by atoms with Gasteiger partial charge in [-0.3, -0.25) is 4.79 Å². The van der Waals surface area contributed by atoms with Gasteiger partial charge in [0.25, 0.3) is 5.91 Å². The number of likely N-dealkylation sites (N-methyl/N-ethyl adjacent to an activating group) is 1. The minimum atomic E-state index is 0.0178. The molecule has 0 saturated heterocycles. The van der Waals surface area contributed by atoms with E-state index < -0.39 is 0 Å². The van der Waals surface area contributed by atoms with Crippen molar-refractivity contribution in [1.82, 2.24) is 4.90 Å². The lowest BCUT2D eigenvalue weighted by Crippen LogP contribution is -2.29. The van der Waals surface area contributed by atoms with Crippen LogP contribution in [0.2, 0.25) is 0 Å². The Labute approximate surface area is 149 Å². The molecule has 0 aromatic heterocycles. The maximum atomic E-state index is 12.6. The van der Waals surface area contributed by atoms with Crippen molar-refractivity contribution in [2.24, 2.45) is 0 Å². The molecule has 0 aliphatic carbocycles. The molecule has 134 valence electrons. The van der Waals surface area contributed by atoms with E-state index in [1.807, 2.05) is 68.5 Å². The van der Waals surface area contributed by atoms with E-state index in [0.717, 1.165) is 17.7 Å². The number of hydrogen-bond donors (Lipinski definition) is 0. The molecule has 5 nitrogen and oxygen atoms in total. The first-order valence-electron chi connectivity index (χ1n) is 8.20. The first-order valence-corrected chi connectivity index (χ1v) is 8.20. The SMILES string of the molecule is COc1ccc(CCN(C)C(=O)c2cccc(N(C)C)c2)cc1OC. The van der Waals surface area contributed by atoms with Crippen LogP contribution in [-0.4, -0.2) is 52.7 Å². The number of amides is 1. The van der Waals surface area contributed by atoms with Gasteiger partial charge in [-0.1, -0.05) is 12.1 Å². The van der Waals surface area contributed by atoms with Crippen molar-refractivity contribution in [3.05, 3.63) is 53.6 Å². The second-order valence-electron chi connectivity index (χ2n) is 6.11. The van der Waals surface area contributed by atoms with Gasteiger partial charge in [0.05, 0.1) is 14.2 Å². The first-order chi connectivity index (χ1) is 12.0. The van der Waals surface area contributed by atoms with E-state index in [4.69, 9.17) is 9.47 Å². The van der Waals surface area contributed by atoms with Crippen LogP contribution in [0.15, 0.2) is 42.5 Å². The molecule has 0 N–H and O–H groups in total. The van der Waals surface area contributed by atoms with Crippen LogP contribution in [0.4, 0.5) is 5.69 Å². The lowest BCUT2D eigenvalue weighted by Gasteiger charge is -2.19. The number of anilines is 1. The van der Waals surface area contributed by atoms with Crippen LogP contribution in [0.1, 0.15) is 15.9 Å². The molecular weight excluding hydrogens is 316 g/mol. The summed E-state index contributed by atoms with van der Waals surface area (Å²) in [5.41, 5.74) is 2.81. The van der Waals surface area contributed by atoms with E-state index in [1.54, 1.807) is 19.1 Å². The fourth-order valence-electron chi connectivity index (χ4n) is 2.57. The Bertz CT molecular complexity index is 729. The Hall–Kier alpha value is -2.69. The average molecular weight is 342 g/mol. The Morgan fingerprint density at radius 3 is 2.32 bits per heavy atom. The fourth-order valence-corrected chi connectivity index (χ4v) is 2.57. The highest BCUT2D eigenvalue weighted by Gasteiger charge is 2.13. The van der Waals surface area contributed by atoms with Crippen molar-refractivity contribution in [2.45, 2.75) is 6.42 Å². The minimum Gasteiger partial charge on any atom is -0.493 e. The molecule has 2 rings (SSSR count). The van der Waals surface area contributed by atoms with Gasteiger partial charge >= 0.3 is 0 Å². The van der Waals surface area contributed by atoms with E-state index in [9.17, 15) is 4.79 Å². The van der Waals surface area contributed by atoms with Gasteiger partial charge in [0.1, 0.15) is 0 Å². The van der Waals surface area contributed by atoms with E-state index in [0.29, 0.717) is 23.6 Å². The predicted molar refractivity (Wildman–Crippen MR) is 101 cm³/mol. The highest BCUT2D eigenvalue weighted by atomic mass is 16.5. The highest BCUT2D eigenvalue weighted by molar-refractivity contribution is 5.95. The Morgan fingerprint density at radius 1 is 0.960 bits per heavy atom. The van der Waals surface area contributed by atoms with Crippen molar-refractivity contribution < 1.29 is 14.3 Å². The summed E-state index contributed by atoms with van der Waals surface area (Å²) in [6.45, 7) is 0.626. The third-order valence-electron chi connectivity index (χ3n) is 4.14. The van der Waals surface area contributed by atoms with Crippen LogP contribution in [0.25, 0.3) is 0 Å².